The van der Waals surface area contributed by atoms with Crippen molar-refractivity contribution in [2.75, 3.05) is 18.8 Å². The summed E-state index contributed by atoms with van der Waals surface area (Å²) in [5, 5.41) is 3.38. The number of Topliss-reactive ketones (excluding diaryl/α,β-unsaturated/α-hetero) is 1. The van der Waals surface area contributed by atoms with E-state index in [0.717, 1.165) is 44.0 Å². The molecule has 1 heterocycles. The van der Waals surface area contributed by atoms with Gasteiger partial charge in [-0.3, -0.25) is 4.79 Å². The van der Waals surface area contributed by atoms with Crippen LogP contribution in [-0.2, 0) is 4.79 Å². The van der Waals surface area contributed by atoms with Gasteiger partial charge in [0.25, 0.3) is 0 Å². The summed E-state index contributed by atoms with van der Waals surface area (Å²) in [4.78, 5) is 12.3. The molecule has 3 heteroatoms. The van der Waals surface area contributed by atoms with Gasteiger partial charge in [-0.2, -0.15) is 0 Å². The van der Waals surface area contributed by atoms with Gasteiger partial charge < -0.3 is 5.32 Å². The van der Waals surface area contributed by atoms with Crippen LogP contribution in [0.5, 0.6) is 0 Å². The van der Waals surface area contributed by atoms with E-state index >= 15 is 0 Å². The van der Waals surface area contributed by atoms with Gasteiger partial charge in [0.2, 0.25) is 0 Å². The zero-order chi connectivity index (χ0) is 11.4. The molecule has 1 unspecified atom stereocenters. The number of hydrogen-bond acceptors (Lipinski definition) is 3. The lowest BCUT2D eigenvalue weighted by Crippen LogP contribution is -2.49. The standard InChI is InChI=1S/C13H23NOS/c1-2-13(10-14-8-9-16-13)12(15)7-6-11-4-3-5-11/h11,14H,2-10H2,1H3. The Balaban J connectivity index is 1.84. The van der Waals surface area contributed by atoms with Crippen LogP contribution in [0.3, 0.4) is 0 Å². The third kappa shape index (κ3) is 2.62. The normalized spacial score (nSPS) is 31.1. The average molecular weight is 241 g/mol. The molecule has 1 aliphatic carbocycles. The minimum atomic E-state index is -0.0952. The molecule has 1 saturated heterocycles. The van der Waals surface area contributed by atoms with E-state index in [9.17, 15) is 4.79 Å². The molecule has 1 N–H and O–H groups in total. The van der Waals surface area contributed by atoms with Crippen LogP contribution in [0.25, 0.3) is 0 Å². The Hall–Kier alpha value is -0.0200. The minimum absolute atomic E-state index is 0.0952. The predicted molar refractivity (Wildman–Crippen MR) is 69.9 cm³/mol. The van der Waals surface area contributed by atoms with Crippen molar-refractivity contribution in [1.29, 1.82) is 0 Å². The van der Waals surface area contributed by atoms with E-state index in [0.29, 0.717) is 5.78 Å². The molecule has 2 fully saturated rings. The third-order valence-electron chi connectivity index (χ3n) is 4.15. The summed E-state index contributed by atoms with van der Waals surface area (Å²) >= 11 is 1.88. The molecule has 0 spiro atoms. The van der Waals surface area contributed by atoms with Crippen LogP contribution in [0, 0.1) is 5.92 Å². The summed E-state index contributed by atoms with van der Waals surface area (Å²) in [7, 11) is 0. The summed E-state index contributed by atoms with van der Waals surface area (Å²) in [5.41, 5.74) is 0. The molecule has 0 aromatic carbocycles. The summed E-state index contributed by atoms with van der Waals surface area (Å²) in [5.74, 6) is 2.45. The molecule has 0 aromatic heterocycles. The molecule has 1 aliphatic heterocycles. The first-order chi connectivity index (χ1) is 7.77. The molecule has 1 atom stereocenters. The highest BCUT2D eigenvalue weighted by Crippen LogP contribution is 2.36. The monoisotopic (exact) mass is 241 g/mol. The highest BCUT2D eigenvalue weighted by Gasteiger charge is 2.38. The minimum Gasteiger partial charge on any atom is -0.314 e. The first-order valence-electron chi connectivity index (χ1n) is 6.65. The van der Waals surface area contributed by atoms with Gasteiger partial charge in [0.05, 0.1) is 4.75 Å². The number of ketones is 1. The second-order valence-electron chi connectivity index (χ2n) is 5.13. The van der Waals surface area contributed by atoms with Crippen molar-refractivity contribution >= 4 is 17.5 Å². The maximum absolute atomic E-state index is 12.3. The van der Waals surface area contributed by atoms with E-state index in [-0.39, 0.29) is 4.75 Å². The van der Waals surface area contributed by atoms with Gasteiger partial charge in [0.15, 0.2) is 0 Å². The fraction of sp³-hybridized carbons (Fsp3) is 0.923. The number of nitrogens with one attached hydrogen (secondary N) is 1. The summed E-state index contributed by atoms with van der Waals surface area (Å²) in [6, 6.07) is 0. The molecular weight excluding hydrogens is 218 g/mol. The van der Waals surface area contributed by atoms with E-state index in [1.165, 1.54) is 19.3 Å². The van der Waals surface area contributed by atoms with Crippen LogP contribution >= 0.6 is 11.8 Å². The van der Waals surface area contributed by atoms with Crippen LogP contribution in [0.4, 0.5) is 0 Å². The Bertz CT molecular complexity index is 244. The van der Waals surface area contributed by atoms with Crippen LogP contribution in [-0.4, -0.2) is 29.4 Å². The Morgan fingerprint density at radius 2 is 2.31 bits per heavy atom. The predicted octanol–water partition coefficient (Wildman–Crippen LogP) is 2.62. The van der Waals surface area contributed by atoms with Crippen molar-refractivity contribution in [3.63, 3.8) is 0 Å². The number of thioether (sulfide) groups is 1. The van der Waals surface area contributed by atoms with Crippen molar-refractivity contribution in [2.45, 2.75) is 50.2 Å². The van der Waals surface area contributed by atoms with E-state index < -0.39 is 0 Å². The Morgan fingerprint density at radius 1 is 1.50 bits per heavy atom. The molecule has 2 rings (SSSR count). The molecular formula is C13H23NOS. The number of carbonyl (C=O) groups is 1. The Labute approximate surface area is 103 Å². The van der Waals surface area contributed by atoms with Gasteiger partial charge >= 0.3 is 0 Å². The lowest BCUT2D eigenvalue weighted by molar-refractivity contribution is -0.121. The zero-order valence-corrected chi connectivity index (χ0v) is 11.1. The summed E-state index contributed by atoms with van der Waals surface area (Å²) in [6.07, 6.45) is 7.03. The van der Waals surface area contributed by atoms with E-state index in [2.05, 4.69) is 12.2 Å². The molecule has 2 nitrogen and oxygen atoms in total. The zero-order valence-electron chi connectivity index (χ0n) is 10.3. The highest BCUT2D eigenvalue weighted by molar-refractivity contribution is 8.01. The van der Waals surface area contributed by atoms with E-state index in [4.69, 9.17) is 0 Å². The van der Waals surface area contributed by atoms with Gasteiger partial charge in [-0.05, 0) is 18.8 Å². The second kappa shape index (κ2) is 5.54. The molecule has 0 bridgehead atoms. The Morgan fingerprint density at radius 3 is 2.81 bits per heavy atom. The quantitative estimate of drug-likeness (QED) is 0.802. The topological polar surface area (TPSA) is 29.1 Å². The fourth-order valence-electron chi connectivity index (χ4n) is 2.61. The van der Waals surface area contributed by atoms with Gasteiger partial charge in [-0.1, -0.05) is 26.2 Å². The average Bonchev–Trinajstić information content (AvgIpc) is 2.27. The lowest BCUT2D eigenvalue weighted by atomic mass is 9.80. The van der Waals surface area contributed by atoms with Gasteiger partial charge in [-0.15, -0.1) is 11.8 Å². The van der Waals surface area contributed by atoms with Crippen molar-refractivity contribution in [3.05, 3.63) is 0 Å². The lowest BCUT2D eigenvalue weighted by Gasteiger charge is -2.35. The van der Waals surface area contributed by atoms with E-state index in [1.54, 1.807) is 0 Å². The molecule has 0 radical (unpaired) electrons. The first-order valence-corrected chi connectivity index (χ1v) is 7.63. The van der Waals surface area contributed by atoms with Crippen LogP contribution in [0.1, 0.15) is 45.4 Å². The number of rotatable bonds is 5. The summed E-state index contributed by atoms with van der Waals surface area (Å²) < 4.78 is -0.0952. The van der Waals surface area contributed by atoms with Crippen molar-refractivity contribution in [3.8, 4) is 0 Å². The van der Waals surface area contributed by atoms with Crippen LogP contribution in [0.2, 0.25) is 0 Å². The van der Waals surface area contributed by atoms with Gasteiger partial charge in [0.1, 0.15) is 5.78 Å². The van der Waals surface area contributed by atoms with Gasteiger partial charge in [0, 0.05) is 25.3 Å². The molecule has 0 aromatic rings. The number of carbonyl (C=O) groups excluding carboxylic acids is 1. The molecule has 2 aliphatic rings. The largest absolute Gasteiger partial charge is 0.314 e. The van der Waals surface area contributed by atoms with Crippen molar-refractivity contribution in [1.82, 2.24) is 5.32 Å². The smallest absolute Gasteiger partial charge is 0.150 e. The number of hydrogen-bond donors (Lipinski definition) is 1. The van der Waals surface area contributed by atoms with Gasteiger partial charge in [-0.25, -0.2) is 0 Å². The third-order valence-corrected chi connectivity index (χ3v) is 5.77. The molecule has 16 heavy (non-hydrogen) atoms. The van der Waals surface area contributed by atoms with Crippen LogP contribution in [0.15, 0.2) is 0 Å². The maximum Gasteiger partial charge on any atom is 0.150 e. The van der Waals surface area contributed by atoms with E-state index in [1.807, 2.05) is 11.8 Å². The summed E-state index contributed by atoms with van der Waals surface area (Å²) in [6.45, 7) is 4.10. The first kappa shape index (κ1) is 12.4. The maximum atomic E-state index is 12.3. The van der Waals surface area contributed by atoms with Crippen molar-refractivity contribution in [2.24, 2.45) is 5.92 Å². The molecule has 0 amide bonds. The fourth-order valence-corrected chi connectivity index (χ4v) is 3.92. The second-order valence-corrected chi connectivity index (χ2v) is 6.61. The molecule has 92 valence electrons. The SMILES string of the molecule is CCC1(C(=O)CCC2CCC2)CNCCS1. The molecule has 1 saturated carbocycles. The van der Waals surface area contributed by atoms with Crippen molar-refractivity contribution < 1.29 is 4.79 Å². The Kier molecular flexibility index (Phi) is 4.31. The van der Waals surface area contributed by atoms with Crippen LogP contribution < -0.4 is 5.32 Å². The highest BCUT2D eigenvalue weighted by atomic mass is 32.2.